The average Bonchev–Trinajstić information content (AvgIpc) is 3.37. The van der Waals surface area contributed by atoms with Crippen molar-refractivity contribution in [3.05, 3.63) is 48.5 Å². The number of aromatic nitrogens is 4. The summed E-state index contributed by atoms with van der Waals surface area (Å²) >= 11 is 0. The third-order valence-corrected chi connectivity index (χ3v) is 7.46. The third kappa shape index (κ3) is 5.79. The van der Waals surface area contributed by atoms with E-state index in [1.165, 1.54) is 24.0 Å². The standard InChI is InChI=1S/C23H30FN6O7P/c1-13(2)35-22(32)14(3)29-38(33,37-15-8-6-5-7-9-15)34-11-17-18(31)23(4,24)19(36-17)16-10-26-21-20(25)27-12-28-30(16)21/h5-10,12-14,17-19,31H,11H2,1-4H3,(H,29,33)(H2,25,27,28)/t14-,17-,18-,19+,23-,38?/m1/s1. The second-order valence-corrected chi connectivity index (χ2v) is 10.9. The molecule has 2 aromatic heterocycles. The molecule has 1 aliphatic rings. The molecule has 0 radical (unpaired) electrons. The van der Waals surface area contributed by atoms with E-state index in [0.29, 0.717) is 0 Å². The van der Waals surface area contributed by atoms with Crippen LogP contribution in [-0.4, -0.2) is 67.3 Å². The molecular formula is C23H30FN6O7P. The Morgan fingerprint density at radius 1 is 1.32 bits per heavy atom. The number of halogens is 1. The second kappa shape index (κ2) is 10.9. The summed E-state index contributed by atoms with van der Waals surface area (Å²) in [6.45, 7) is 5.40. The fraction of sp³-hybridized carbons (Fsp3) is 0.478. The summed E-state index contributed by atoms with van der Waals surface area (Å²) in [5.41, 5.74) is 3.89. The van der Waals surface area contributed by atoms with Gasteiger partial charge in [0.25, 0.3) is 0 Å². The van der Waals surface area contributed by atoms with Crippen molar-refractivity contribution in [2.24, 2.45) is 0 Å². The number of para-hydroxylation sites is 1. The molecule has 1 aromatic carbocycles. The number of fused-ring (bicyclic) bond motifs is 1. The van der Waals surface area contributed by atoms with E-state index in [1.54, 1.807) is 44.2 Å². The molecule has 0 bridgehead atoms. The van der Waals surface area contributed by atoms with Gasteiger partial charge in [0.15, 0.2) is 17.1 Å². The van der Waals surface area contributed by atoms with Gasteiger partial charge in [0.05, 0.1) is 24.6 Å². The molecule has 1 saturated heterocycles. The zero-order chi connectivity index (χ0) is 27.7. The molecule has 13 nitrogen and oxygen atoms in total. The van der Waals surface area contributed by atoms with Gasteiger partial charge >= 0.3 is 13.7 Å². The highest BCUT2D eigenvalue weighted by Gasteiger charge is 2.56. The topological polar surface area (TPSA) is 172 Å². The highest BCUT2D eigenvalue weighted by Crippen LogP contribution is 2.48. The van der Waals surface area contributed by atoms with Crippen LogP contribution in [0.2, 0.25) is 0 Å². The van der Waals surface area contributed by atoms with E-state index in [0.717, 1.165) is 6.92 Å². The van der Waals surface area contributed by atoms with Crippen LogP contribution in [0.1, 0.15) is 39.5 Å². The first-order valence-corrected chi connectivity index (χ1v) is 13.4. The van der Waals surface area contributed by atoms with Crippen molar-refractivity contribution in [2.45, 2.75) is 63.8 Å². The van der Waals surface area contributed by atoms with Gasteiger partial charge in [-0.2, -0.15) is 10.2 Å². The van der Waals surface area contributed by atoms with Gasteiger partial charge in [-0.1, -0.05) is 18.2 Å². The Balaban J connectivity index is 1.54. The molecule has 0 spiro atoms. The van der Waals surface area contributed by atoms with Crippen LogP contribution in [0, 0.1) is 0 Å². The molecule has 6 atom stereocenters. The molecule has 0 amide bonds. The van der Waals surface area contributed by atoms with Crippen LogP contribution in [0.4, 0.5) is 10.2 Å². The molecule has 4 N–H and O–H groups in total. The molecule has 3 aromatic rings. The van der Waals surface area contributed by atoms with E-state index in [4.69, 9.17) is 24.3 Å². The predicted molar refractivity (Wildman–Crippen MR) is 133 cm³/mol. The number of hydrogen-bond acceptors (Lipinski definition) is 11. The smallest absolute Gasteiger partial charge is 0.459 e. The number of nitrogens with two attached hydrogens (primary N) is 1. The molecule has 3 heterocycles. The number of carbonyl (C=O) groups is 1. The van der Waals surface area contributed by atoms with Crippen molar-refractivity contribution < 1.29 is 37.4 Å². The fourth-order valence-electron chi connectivity index (χ4n) is 3.93. The quantitative estimate of drug-likeness (QED) is 0.248. The van der Waals surface area contributed by atoms with Crippen LogP contribution in [0.25, 0.3) is 5.65 Å². The molecule has 1 aliphatic heterocycles. The molecule has 206 valence electrons. The number of nitrogen functional groups attached to an aromatic ring is 1. The van der Waals surface area contributed by atoms with Crippen molar-refractivity contribution in [1.29, 1.82) is 0 Å². The number of benzene rings is 1. The Morgan fingerprint density at radius 2 is 2.03 bits per heavy atom. The maximum absolute atomic E-state index is 15.8. The first-order chi connectivity index (χ1) is 17.9. The van der Waals surface area contributed by atoms with Crippen molar-refractivity contribution in [3.8, 4) is 5.75 Å². The first-order valence-electron chi connectivity index (χ1n) is 11.9. The van der Waals surface area contributed by atoms with Gasteiger partial charge in [-0.15, -0.1) is 0 Å². The minimum atomic E-state index is -4.26. The Kier molecular flexibility index (Phi) is 8.00. The molecule has 0 saturated carbocycles. The normalized spacial score (nSPS) is 25.8. The second-order valence-electron chi connectivity index (χ2n) is 9.25. The highest BCUT2D eigenvalue weighted by atomic mass is 31.2. The Labute approximate surface area is 218 Å². The van der Waals surface area contributed by atoms with Crippen LogP contribution in [-0.2, 0) is 23.4 Å². The lowest BCUT2D eigenvalue weighted by atomic mass is 9.93. The molecule has 1 fully saturated rings. The maximum Gasteiger partial charge on any atom is 0.459 e. The van der Waals surface area contributed by atoms with Gasteiger partial charge < -0.3 is 24.8 Å². The monoisotopic (exact) mass is 552 g/mol. The van der Waals surface area contributed by atoms with Crippen molar-refractivity contribution >= 4 is 25.2 Å². The maximum atomic E-state index is 15.8. The van der Waals surface area contributed by atoms with E-state index < -0.39 is 56.4 Å². The number of esters is 1. The number of imidazole rings is 1. The number of hydrogen-bond donors (Lipinski definition) is 3. The molecule has 1 unspecified atom stereocenters. The Bertz CT molecular complexity index is 1320. The van der Waals surface area contributed by atoms with E-state index in [9.17, 15) is 14.5 Å². The number of anilines is 1. The summed E-state index contributed by atoms with van der Waals surface area (Å²) in [6, 6.07) is 7.06. The number of alkyl halides is 1. The summed E-state index contributed by atoms with van der Waals surface area (Å²) in [7, 11) is -4.26. The lowest BCUT2D eigenvalue weighted by molar-refractivity contribution is -0.149. The van der Waals surface area contributed by atoms with Crippen molar-refractivity contribution in [2.75, 3.05) is 12.3 Å². The van der Waals surface area contributed by atoms with Gasteiger partial charge in [-0.3, -0.25) is 9.32 Å². The number of aliphatic hydroxyl groups is 1. The van der Waals surface area contributed by atoms with Crippen molar-refractivity contribution in [3.63, 3.8) is 0 Å². The van der Waals surface area contributed by atoms with Gasteiger partial charge in [0, 0.05) is 0 Å². The summed E-state index contributed by atoms with van der Waals surface area (Å²) < 4.78 is 52.9. The van der Waals surface area contributed by atoms with Crippen LogP contribution < -0.4 is 15.3 Å². The summed E-state index contributed by atoms with van der Waals surface area (Å²) in [5.74, 6) is -0.403. The Hall–Kier alpha value is -3.16. The minimum Gasteiger partial charge on any atom is -0.462 e. The third-order valence-electron chi connectivity index (χ3n) is 5.81. The summed E-state index contributed by atoms with van der Waals surface area (Å²) in [6.07, 6.45) is -2.17. The van der Waals surface area contributed by atoms with Crippen molar-refractivity contribution in [1.82, 2.24) is 24.7 Å². The number of ether oxygens (including phenoxy) is 2. The van der Waals surface area contributed by atoms with Crippen LogP contribution in [0.3, 0.4) is 0 Å². The zero-order valence-corrected chi connectivity index (χ0v) is 22.1. The van der Waals surface area contributed by atoms with E-state index >= 15 is 4.39 Å². The van der Waals surface area contributed by atoms with Gasteiger partial charge in [-0.25, -0.2) is 23.4 Å². The number of rotatable bonds is 10. The van der Waals surface area contributed by atoms with E-state index in [1.807, 2.05) is 0 Å². The molecule has 38 heavy (non-hydrogen) atoms. The lowest BCUT2D eigenvalue weighted by Crippen LogP contribution is -2.40. The number of nitrogens with zero attached hydrogens (tertiary/aromatic N) is 4. The largest absolute Gasteiger partial charge is 0.462 e. The molecule has 0 aliphatic carbocycles. The molecule has 15 heteroatoms. The van der Waals surface area contributed by atoms with E-state index in [-0.39, 0.29) is 22.9 Å². The van der Waals surface area contributed by atoms with Gasteiger partial charge in [0.1, 0.15) is 36.4 Å². The fourth-order valence-corrected chi connectivity index (χ4v) is 5.43. The molecular weight excluding hydrogens is 522 g/mol. The lowest BCUT2D eigenvalue weighted by Gasteiger charge is -2.25. The summed E-state index contributed by atoms with van der Waals surface area (Å²) in [5, 5.41) is 17.4. The average molecular weight is 553 g/mol. The number of aliphatic hydroxyl groups excluding tert-OH is 1. The van der Waals surface area contributed by atoms with Gasteiger partial charge in [0.2, 0.25) is 0 Å². The first kappa shape index (κ1) is 27.9. The van der Waals surface area contributed by atoms with Crippen LogP contribution in [0.15, 0.2) is 42.9 Å². The SMILES string of the molecule is CC(C)OC(=O)[C@@H](C)NP(=O)(OC[C@H]1O[C@@H](c2cnc3c(N)ncnn23)[C@](C)(F)[C@@H]1O)Oc1ccccc1. The van der Waals surface area contributed by atoms with Gasteiger partial charge in [-0.05, 0) is 39.8 Å². The predicted octanol–water partition coefficient (Wildman–Crippen LogP) is 2.37. The zero-order valence-electron chi connectivity index (χ0n) is 21.2. The molecule has 4 rings (SSSR count). The summed E-state index contributed by atoms with van der Waals surface area (Å²) in [4.78, 5) is 20.3. The van der Waals surface area contributed by atoms with E-state index in [2.05, 4.69) is 20.2 Å². The minimum absolute atomic E-state index is 0.0837. The Morgan fingerprint density at radius 3 is 2.71 bits per heavy atom. The van der Waals surface area contributed by atoms with Crippen LogP contribution in [0.5, 0.6) is 5.75 Å². The van der Waals surface area contributed by atoms with Crippen LogP contribution >= 0.6 is 7.75 Å². The highest BCUT2D eigenvalue weighted by molar-refractivity contribution is 7.52. The number of carbonyl (C=O) groups excluding carboxylic acids is 1. The number of nitrogens with one attached hydrogen (secondary N) is 1.